The molecule has 1 atom stereocenters. The van der Waals surface area contributed by atoms with Gasteiger partial charge in [-0.1, -0.05) is 24.3 Å². The molecule has 0 spiro atoms. The summed E-state index contributed by atoms with van der Waals surface area (Å²) >= 11 is 0. The van der Waals surface area contributed by atoms with Crippen molar-refractivity contribution in [3.8, 4) is 0 Å². The van der Waals surface area contributed by atoms with Crippen LogP contribution in [0.5, 0.6) is 0 Å². The van der Waals surface area contributed by atoms with Crippen LogP contribution in [0.2, 0.25) is 0 Å². The maximum Gasteiger partial charge on any atom is 0.511 e. The van der Waals surface area contributed by atoms with Crippen LogP contribution in [-0.4, -0.2) is 61.5 Å². The molecule has 31 heavy (non-hydrogen) atoms. The molecule has 0 radical (unpaired) electrons. The molecule has 2 aliphatic rings. The lowest BCUT2D eigenvalue weighted by molar-refractivity contribution is -0.0494. The Hall–Kier alpha value is -1.12. The van der Waals surface area contributed by atoms with E-state index in [1.54, 1.807) is 0 Å². The molecule has 1 saturated heterocycles. The van der Waals surface area contributed by atoms with Crippen molar-refractivity contribution in [2.24, 2.45) is 4.99 Å². The molecule has 7 nitrogen and oxygen atoms in total. The second kappa shape index (κ2) is 10.2. The maximum atomic E-state index is 12.7. The Labute approximate surface area is 197 Å². The summed E-state index contributed by atoms with van der Waals surface area (Å²) in [6.45, 7) is 2.19. The Bertz CT molecular complexity index is 890. The summed E-state index contributed by atoms with van der Waals surface area (Å²) in [5.41, 5.74) is -4.36. The van der Waals surface area contributed by atoms with Crippen LogP contribution in [0.3, 0.4) is 0 Å². The smallest absolute Gasteiger partial charge is 0.383 e. The lowest BCUT2D eigenvalue weighted by Crippen LogP contribution is -2.51. The second-order valence-electron chi connectivity index (χ2n) is 7.65. The lowest BCUT2D eigenvalue weighted by Gasteiger charge is -2.32. The van der Waals surface area contributed by atoms with Crippen molar-refractivity contribution < 1.29 is 26.7 Å². The van der Waals surface area contributed by atoms with Gasteiger partial charge < -0.3 is 15.7 Å². The number of rotatable bonds is 5. The molecule has 3 rings (SSSR count). The molecule has 1 aromatic rings. The monoisotopic (exact) mass is 576 g/mol. The predicted octanol–water partition coefficient (Wildman–Crippen LogP) is 2.31. The third kappa shape index (κ3) is 5.82. The van der Waals surface area contributed by atoms with Crippen LogP contribution >= 0.6 is 24.0 Å². The Morgan fingerprint density at radius 1 is 1.29 bits per heavy atom. The van der Waals surface area contributed by atoms with Crippen LogP contribution < -0.4 is 10.6 Å². The number of alkyl halides is 3. The van der Waals surface area contributed by atoms with Crippen molar-refractivity contribution in [1.29, 1.82) is 0 Å². The van der Waals surface area contributed by atoms with Crippen LogP contribution in [0.1, 0.15) is 37.3 Å². The molecular weight excluding hydrogens is 548 g/mol. The summed E-state index contributed by atoms with van der Waals surface area (Å²) in [5, 5.41) is 17.3. The van der Waals surface area contributed by atoms with Gasteiger partial charge in [0.1, 0.15) is 5.60 Å². The van der Waals surface area contributed by atoms with E-state index in [9.17, 15) is 26.7 Å². The van der Waals surface area contributed by atoms with E-state index in [2.05, 4.69) is 15.6 Å². The number of guanidine groups is 1. The zero-order valence-electron chi connectivity index (χ0n) is 17.2. The summed E-state index contributed by atoms with van der Waals surface area (Å²) < 4.78 is 61.7. The lowest BCUT2D eigenvalue weighted by atomic mass is 9.96. The van der Waals surface area contributed by atoms with E-state index < -0.39 is 21.1 Å². The Balaban J connectivity index is 0.00000341. The third-order valence-electron chi connectivity index (χ3n) is 5.60. The van der Waals surface area contributed by atoms with Gasteiger partial charge in [-0.15, -0.1) is 24.0 Å². The highest BCUT2D eigenvalue weighted by molar-refractivity contribution is 14.0. The molecule has 0 saturated carbocycles. The number of aryl methyl sites for hydroxylation is 1. The second-order valence-corrected chi connectivity index (χ2v) is 9.58. The van der Waals surface area contributed by atoms with Crippen molar-refractivity contribution in [2.75, 3.05) is 26.2 Å². The minimum absolute atomic E-state index is 0. The van der Waals surface area contributed by atoms with E-state index in [0.29, 0.717) is 23.2 Å². The van der Waals surface area contributed by atoms with Crippen LogP contribution in [0, 0.1) is 0 Å². The molecule has 1 aromatic carbocycles. The SMILES string of the molecule is CCNC(=NCC1(O)CCc2ccccc21)NC1CCN(S(=O)(=O)C(F)(F)F)CC1.I. The molecule has 1 unspecified atom stereocenters. The molecule has 0 aromatic heterocycles. The molecule has 1 heterocycles. The van der Waals surface area contributed by atoms with E-state index in [1.807, 2.05) is 31.2 Å². The highest BCUT2D eigenvalue weighted by Gasteiger charge is 2.50. The molecule has 1 aliphatic carbocycles. The molecule has 1 fully saturated rings. The van der Waals surface area contributed by atoms with Gasteiger partial charge in [0, 0.05) is 25.7 Å². The van der Waals surface area contributed by atoms with Gasteiger partial charge in [-0.3, -0.25) is 0 Å². The third-order valence-corrected chi connectivity index (χ3v) is 7.23. The molecular formula is C19H28F3IN4O3S. The van der Waals surface area contributed by atoms with Crippen molar-refractivity contribution in [1.82, 2.24) is 14.9 Å². The number of hydrogen-bond acceptors (Lipinski definition) is 4. The van der Waals surface area contributed by atoms with Gasteiger partial charge in [0.25, 0.3) is 0 Å². The highest BCUT2D eigenvalue weighted by Crippen LogP contribution is 2.37. The molecule has 3 N–H and O–H groups in total. The fraction of sp³-hybridized carbons (Fsp3) is 0.632. The molecule has 12 heteroatoms. The first-order chi connectivity index (χ1) is 14.1. The van der Waals surface area contributed by atoms with Gasteiger partial charge in [0.15, 0.2) is 5.96 Å². The summed E-state index contributed by atoms with van der Waals surface area (Å²) in [6.07, 6.45) is 1.81. The molecule has 0 bridgehead atoms. The summed E-state index contributed by atoms with van der Waals surface area (Å²) in [5.74, 6) is 0.451. The number of sulfonamides is 1. The van der Waals surface area contributed by atoms with Gasteiger partial charge in [-0.05, 0) is 43.7 Å². The van der Waals surface area contributed by atoms with Crippen molar-refractivity contribution >= 4 is 40.0 Å². The first-order valence-corrected chi connectivity index (χ1v) is 11.4. The number of fused-ring (bicyclic) bond motifs is 1. The Morgan fingerprint density at radius 3 is 2.55 bits per heavy atom. The van der Waals surface area contributed by atoms with E-state index in [-0.39, 0.29) is 62.5 Å². The average molecular weight is 576 g/mol. The minimum Gasteiger partial charge on any atom is -0.383 e. The maximum absolute atomic E-state index is 12.7. The first kappa shape index (κ1) is 26.1. The fourth-order valence-electron chi connectivity index (χ4n) is 3.94. The molecule has 1 aliphatic heterocycles. The van der Waals surface area contributed by atoms with Crippen LogP contribution in [0.25, 0.3) is 0 Å². The van der Waals surface area contributed by atoms with Gasteiger partial charge in [-0.2, -0.15) is 17.5 Å². The zero-order valence-corrected chi connectivity index (χ0v) is 20.3. The van der Waals surface area contributed by atoms with Crippen LogP contribution in [0.15, 0.2) is 29.3 Å². The normalized spacial score (nSPS) is 23.2. The number of nitrogens with one attached hydrogen (secondary N) is 2. The summed E-state index contributed by atoms with van der Waals surface area (Å²) in [7, 11) is -5.29. The van der Waals surface area contributed by atoms with Crippen molar-refractivity contribution in [2.45, 2.75) is 49.8 Å². The molecule has 0 amide bonds. The quantitative estimate of drug-likeness (QED) is 0.284. The fourth-order valence-corrected chi connectivity index (χ4v) is 4.93. The highest BCUT2D eigenvalue weighted by atomic mass is 127. The standard InChI is InChI=1S/C19H27F3N4O3S.HI/c1-2-23-17(24-13-18(27)10-7-14-5-3-4-6-16(14)18)25-15-8-11-26(12-9-15)30(28,29)19(20,21)22;/h3-6,15,27H,2,7-13H2,1H3,(H2,23,24,25);1H. The minimum atomic E-state index is -5.29. The van der Waals surface area contributed by atoms with Crippen LogP contribution in [-0.2, 0) is 22.0 Å². The number of benzene rings is 1. The number of hydrogen-bond donors (Lipinski definition) is 3. The largest absolute Gasteiger partial charge is 0.511 e. The van der Waals surface area contributed by atoms with Crippen molar-refractivity contribution in [3.63, 3.8) is 0 Å². The van der Waals surface area contributed by atoms with Crippen LogP contribution in [0.4, 0.5) is 13.2 Å². The molecule has 176 valence electrons. The van der Waals surface area contributed by atoms with Gasteiger partial charge in [0.2, 0.25) is 0 Å². The number of nitrogens with zero attached hydrogens (tertiary/aromatic N) is 2. The zero-order chi connectivity index (χ0) is 22.0. The van der Waals surface area contributed by atoms with Gasteiger partial charge in [-0.25, -0.2) is 13.4 Å². The first-order valence-electron chi connectivity index (χ1n) is 9.99. The van der Waals surface area contributed by atoms with Crippen molar-refractivity contribution in [3.05, 3.63) is 35.4 Å². The summed E-state index contributed by atoms with van der Waals surface area (Å²) in [4.78, 5) is 4.50. The van der Waals surface area contributed by atoms with Gasteiger partial charge in [0.05, 0.1) is 6.54 Å². The van der Waals surface area contributed by atoms with E-state index in [0.717, 1.165) is 17.5 Å². The number of aliphatic imine (C=N–C) groups is 1. The van der Waals surface area contributed by atoms with E-state index in [1.165, 1.54) is 0 Å². The Kier molecular flexibility index (Phi) is 8.61. The summed E-state index contributed by atoms with van der Waals surface area (Å²) in [6, 6.07) is 7.49. The van der Waals surface area contributed by atoms with E-state index >= 15 is 0 Å². The number of piperidine rings is 1. The van der Waals surface area contributed by atoms with E-state index in [4.69, 9.17) is 0 Å². The van der Waals surface area contributed by atoms with Gasteiger partial charge >= 0.3 is 15.5 Å². The average Bonchev–Trinajstić information content (AvgIpc) is 3.03. The number of halogens is 4. The Morgan fingerprint density at radius 2 is 1.94 bits per heavy atom. The number of aliphatic hydroxyl groups is 1. The predicted molar refractivity (Wildman–Crippen MR) is 123 cm³/mol. The topological polar surface area (TPSA) is 94.0 Å².